The molecule has 2 unspecified atom stereocenters. The second-order valence-corrected chi connectivity index (χ2v) is 20.5. The molecule has 9 N–H and O–H groups in total. The number of hydrogen-bond acceptors (Lipinski definition) is 14. The number of rotatable bonds is 7. The van der Waals surface area contributed by atoms with E-state index in [4.69, 9.17) is 18.9 Å². The van der Waals surface area contributed by atoms with Gasteiger partial charge in [0.25, 0.3) is 0 Å². The molecule has 57 heavy (non-hydrogen) atoms. The van der Waals surface area contributed by atoms with Crippen LogP contribution in [0.5, 0.6) is 0 Å². The Hall–Kier alpha value is -1.76. The van der Waals surface area contributed by atoms with Crippen LogP contribution in [0, 0.1) is 50.2 Å². The number of fused-ring (bicyclic) bond motifs is 7. The topological polar surface area (TPSA) is 253 Å². The Morgan fingerprint density at radius 2 is 1.40 bits per heavy atom. The summed E-state index contributed by atoms with van der Waals surface area (Å²) in [5.41, 5.74) is -1.27. The molecule has 0 amide bonds. The van der Waals surface area contributed by atoms with E-state index < -0.39 is 96.9 Å². The quantitative estimate of drug-likeness (QED) is 0.100. The van der Waals surface area contributed by atoms with E-state index >= 15 is 0 Å². The minimum absolute atomic E-state index is 0.0262. The SMILES string of the molecule is CC1(C)CC[C@]2(C(=O)O[C@@H]3O[C@H](CO)[C@@H](O)[C@H](O)[C@H]3O)CC[C@]3(C)C(=CCC4[C@@]5(C)CC[C@H](O[C@@H]6O[C@H](C(=O)O)[C@@H](O)[C@H](O)[C@H]6O)[C@](C)(CO)C5CC[C@]43C)[C@@H]2C1. The minimum atomic E-state index is -1.84. The minimum Gasteiger partial charge on any atom is -0.479 e. The van der Waals surface area contributed by atoms with Gasteiger partial charge in [-0.2, -0.15) is 0 Å². The summed E-state index contributed by atoms with van der Waals surface area (Å²) in [6.45, 7) is 12.6. The first-order valence-corrected chi connectivity index (χ1v) is 21.0. The fourth-order valence-electron chi connectivity index (χ4n) is 13.6. The highest BCUT2D eigenvalue weighted by molar-refractivity contribution is 5.79. The summed E-state index contributed by atoms with van der Waals surface area (Å²) in [6, 6.07) is 0. The van der Waals surface area contributed by atoms with E-state index in [-0.39, 0.29) is 46.0 Å². The number of carboxylic acids is 1. The Morgan fingerprint density at radius 3 is 2.05 bits per heavy atom. The van der Waals surface area contributed by atoms with Crippen LogP contribution in [-0.4, -0.2) is 139 Å². The number of ether oxygens (including phenoxy) is 4. The number of aliphatic carboxylic acids is 1. The van der Waals surface area contributed by atoms with Gasteiger partial charge in [0.1, 0.15) is 42.7 Å². The van der Waals surface area contributed by atoms with E-state index in [0.717, 1.165) is 38.5 Å². The zero-order valence-electron chi connectivity index (χ0n) is 34.1. The summed E-state index contributed by atoms with van der Waals surface area (Å²) < 4.78 is 23.4. The second-order valence-electron chi connectivity index (χ2n) is 20.5. The summed E-state index contributed by atoms with van der Waals surface area (Å²) in [6.07, 6.45) is -7.64. The molecule has 0 bridgehead atoms. The fourth-order valence-corrected chi connectivity index (χ4v) is 13.6. The van der Waals surface area contributed by atoms with E-state index in [2.05, 4.69) is 40.7 Å². The predicted octanol–water partition coefficient (Wildman–Crippen LogP) is 1.38. The standard InChI is InChI=1S/C42H66O15/c1-37(2)13-15-42(36(53)57-34-30(49)27(46)26(45)22(18-43)54-34)16-14-40(5)20(21(42)17-37)7-8-24-38(3)11-10-25(39(4,19-44)23(38)9-12-41(24,40)6)55-35-31(50)28(47)29(48)32(56-35)33(51)52/h7,21-32,34-35,43-50H,8-19H2,1-6H3,(H,51,52)/t21-,22+,23?,24?,25-,26+,27-,28-,29-,30+,31+,32-,34-,35+,38-,39+,40+,41+,42-/m0/s1. The smallest absolute Gasteiger partial charge is 0.335 e. The summed E-state index contributed by atoms with van der Waals surface area (Å²) in [5.74, 6) is -1.98. The number of carboxylic acid groups (broad SMARTS) is 1. The Labute approximate surface area is 334 Å². The highest BCUT2D eigenvalue weighted by Gasteiger charge is 2.70. The van der Waals surface area contributed by atoms with Crippen molar-refractivity contribution < 1.29 is 74.5 Å². The van der Waals surface area contributed by atoms with Gasteiger partial charge in [-0.05, 0) is 104 Å². The molecule has 19 atom stereocenters. The third-order valence-corrected chi connectivity index (χ3v) is 17.3. The first-order valence-electron chi connectivity index (χ1n) is 21.0. The van der Waals surface area contributed by atoms with Gasteiger partial charge in [0.2, 0.25) is 6.29 Å². The van der Waals surface area contributed by atoms with Crippen molar-refractivity contribution in [3.05, 3.63) is 11.6 Å². The van der Waals surface area contributed by atoms with Gasteiger partial charge in [0.05, 0.1) is 24.7 Å². The Balaban J connectivity index is 1.17. The van der Waals surface area contributed by atoms with E-state index in [9.17, 15) is 55.5 Å². The molecule has 7 aliphatic rings. The van der Waals surface area contributed by atoms with Crippen molar-refractivity contribution in [3.8, 4) is 0 Å². The Bertz CT molecular complexity index is 1590. The van der Waals surface area contributed by atoms with Crippen molar-refractivity contribution in [2.45, 2.75) is 173 Å². The lowest BCUT2D eigenvalue weighted by Gasteiger charge is -2.71. The number of aliphatic hydroxyl groups is 8. The van der Waals surface area contributed by atoms with Crippen molar-refractivity contribution in [1.29, 1.82) is 0 Å². The number of carbonyl (C=O) groups excluding carboxylic acids is 1. The molecule has 0 radical (unpaired) electrons. The first kappa shape index (κ1) is 43.3. The molecular formula is C42H66O15. The first-order chi connectivity index (χ1) is 26.5. The van der Waals surface area contributed by atoms with E-state index in [0.29, 0.717) is 25.7 Å². The third-order valence-electron chi connectivity index (χ3n) is 17.3. The number of carbonyl (C=O) groups is 2. The lowest BCUT2D eigenvalue weighted by atomic mass is 9.33. The Kier molecular flexibility index (Phi) is 11.2. The van der Waals surface area contributed by atoms with Crippen molar-refractivity contribution >= 4 is 11.9 Å². The van der Waals surface area contributed by atoms with Gasteiger partial charge in [0.15, 0.2) is 12.4 Å². The van der Waals surface area contributed by atoms with Crippen molar-refractivity contribution in [1.82, 2.24) is 0 Å². The zero-order valence-corrected chi connectivity index (χ0v) is 34.1. The summed E-state index contributed by atoms with van der Waals surface area (Å²) in [5, 5.41) is 93.6. The maximum Gasteiger partial charge on any atom is 0.335 e. The van der Waals surface area contributed by atoms with Crippen LogP contribution < -0.4 is 0 Å². The molecule has 15 nitrogen and oxygen atoms in total. The average Bonchev–Trinajstić information content (AvgIpc) is 3.16. The molecule has 2 heterocycles. The van der Waals surface area contributed by atoms with E-state index in [1.54, 1.807) is 0 Å². The van der Waals surface area contributed by atoms with Gasteiger partial charge < -0.3 is 64.9 Å². The molecule has 7 rings (SSSR count). The summed E-state index contributed by atoms with van der Waals surface area (Å²) >= 11 is 0. The fraction of sp³-hybridized carbons (Fsp3) is 0.905. The Morgan fingerprint density at radius 1 is 0.754 bits per heavy atom. The van der Waals surface area contributed by atoms with Crippen LogP contribution >= 0.6 is 0 Å². The van der Waals surface area contributed by atoms with Gasteiger partial charge in [-0.1, -0.05) is 53.2 Å². The molecule has 15 heteroatoms. The highest BCUT2D eigenvalue weighted by atomic mass is 16.7. The average molecular weight is 811 g/mol. The maximum atomic E-state index is 14.6. The monoisotopic (exact) mass is 810 g/mol. The van der Waals surface area contributed by atoms with Gasteiger partial charge >= 0.3 is 11.9 Å². The van der Waals surface area contributed by atoms with E-state index in [1.165, 1.54) is 5.57 Å². The number of hydrogen-bond donors (Lipinski definition) is 9. The largest absolute Gasteiger partial charge is 0.479 e. The summed E-state index contributed by atoms with van der Waals surface area (Å²) in [4.78, 5) is 26.4. The normalized spacial score (nSPS) is 53.3. The molecule has 0 aromatic rings. The van der Waals surface area contributed by atoms with Crippen LogP contribution in [-0.2, 0) is 28.5 Å². The molecule has 5 aliphatic carbocycles. The molecular weight excluding hydrogens is 744 g/mol. The lowest BCUT2D eigenvalue weighted by molar-refractivity contribution is -0.327. The van der Waals surface area contributed by atoms with Crippen molar-refractivity contribution in [3.63, 3.8) is 0 Å². The zero-order chi connectivity index (χ0) is 41.8. The number of esters is 1. The molecule has 0 spiro atoms. The van der Waals surface area contributed by atoms with Crippen LogP contribution in [0.2, 0.25) is 0 Å². The van der Waals surface area contributed by atoms with Gasteiger partial charge in [-0.3, -0.25) is 4.79 Å². The summed E-state index contributed by atoms with van der Waals surface area (Å²) in [7, 11) is 0. The van der Waals surface area contributed by atoms with Crippen LogP contribution in [0.4, 0.5) is 0 Å². The van der Waals surface area contributed by atoms with Crippen LogP contribution in [0.3, 0.4) is 0 Å². The molecule has 2 aliphatic heterocycles. The maximum absolute atomic E-state index is 14.6. The molecule has 0 aromatic carbocycles. The van der Waals surface area contributed by atoms with E-state index in [1.807, 2.05) is 6.92 Å². The third kappa shape index (κ3) is 6.39. The van der Waals surface area contributed by atoms with Crippen molar-refractivity contribution in [2.24, 2.45) is 50.2 Å². The van der Waals surface area contributed by atoms with Gasteiger partial charge in [-0.25, -0.2) is 4.79 Å². The van der Waals surface area contributed by atoms with Crippen LogP contribution in [0.1, 0.15) is 106 Å². The van der Waals surface area contributed by atoms with Crippen LogP contribution in [0.15, 0.2) is 11.6 Å². The lowest BCUT2D eigenvalue weighted by Crippen LogP contribution is -2.67. The van der Waals surface area contributed by atoms with Crippen LogP contribution in [0.25, 0.3) is 0 Å². The van der Waals surface area contributed by atoms with Gasteiger partial charge in [-0.15, -0.1) is 0 Å². The predicted molar refractivity (Wildman–Crippen MR) is 200 cm³/mol. The molecule has 0 aromatic heterocycles. The number of aliphatic hydroxyl groups excluding tert-OH is 8. The molecule has 4 saturated carbocycles. The number of allylic oxidation sites excluding steroid dienone is 2. The highest BCUT2D eigenvalue weighted by Crippen LogP contribution is 2.76. The molecule has 6 fully saturated rings. The molecule has 2 saturated heterocycles. The van der Waals surface area contributed by atoms with Gasteiger partial charge in [0, 0.05) is 5.41 Å². The second kappa shape index (κ2) is 14.7. The van der Waals surface area contributed by atoms with Crippen molar-refractivity contribution in [2.75, 3.05) is 13.2 Å². The molecule has 324 valence electrons.